The number of guanidine groups is 1. The average molecular weight is 221 g/mol. The summed E-state index contributed by atoms with van der Waals surface area (Å²) in [6.45, 7) is 2.87. The minimum Gasteiger partial charge on any atom is -0.396 e. The number of aliphatic hydroxyl groups excluding tert-OH is 1. The zero-order chi connectivity index (χ0) is 11.8. The van der Waals surface area contributed by atoms with E-state index in [0.717, 1.165) is 12.1 Å². The molecule has 1 aromatic carbocycles. The van der Waals surface area contributed by atoms with Gasteiger partial charge in [-0.2, -0.15) is 0 Å². The van der Waals surface area contributed by atoms with E-state index in [2.05, 4.69) is 10.3 Å². The molecule has 1 unspecified atom stereocenters. The molecule has 4 nitrogen and oxygen atoms in total. The minimum absolute atomic E-state index is 0.197. The van der Waals surface area contributed by atoms with Gasteiger partial charge in [-0.25, -0.2) is 0 Å². The van der Waals surface area contributed by atoms with Gasteiger partial charge in [0.05, 0.1) is 0 Å². The molecule has 0 saturated heterocycles. The largest absolute Gasteiger partial charge is 0.396 e. The Bertz CT molecular complexity index is 324. The van der Waals surface area contributed by atoms with Gasteiger partial charge in [-0.15, -0.1) is 0 Å². The molecular formula is C12H19N3O. The van der Waals surface area contributed by atoms with Crippen LogP contribution >= 0.6 is 0 Å². The van der Waals surface area contributed by atoms with E-state index in [-0.39, 0.29) is 6.61 Å². The summed E-state index contributed by atoms with van der Waals surface area (Å²) in [4.78, 5) is 4.21. The molecule has 0 aromatic heterocycles. The van der Waals surface area contributed by atoms with Gasteiger partial charge in [-0.1, -0.05) is 25.1 Å². The molecule has 0 radical (unpaired) electrons. The number of para-hydroxylation sites is 1. The molecule has 0 aliphatic rings. The summed E-state index contributed by atoms with van der Waals surface area (Å²) in [6.07, 6.45) is 0.752. The van der Waals surface area contributed by atoms with Gasteiger partial charge < -0.3 is 16.2 Å². The van der Waals surface area contributed by atoms with Crippen LogP contribution in [0.3, 0.4) is 0 Å². The van der Waals surface area contributed by atoms with Gasteiger partial charge >= 0.3 is 0 Å². The van der Waals surface area contributed by atoms with Crippen LogP contribution in [0.5, 0.6) is 0 Å². The molecule has 0 heterocycles. The highest BCUT2D eigenvalue weighted by molar-refractivity contribution is 5.92. The van der Waals surface area contributed by atoms with Crippen molar-refractivity contribution < 1.29 is 5.11 Å². The van der Waals surface area contributed by atoms with E-state index in [9.17, 15) is 0 Å². The molecule has 1 aromatic rings. The van der Waals surface area contributed by atoms with Gasteiger partial charge in [-0.05, 0) is 24.5 Å². The molecular weight excluding hydrogens is 202 g/mol. The summed E-state index contributed by atoms with van der Waals surface area (Å²) in [5.41, 5.74) is 6.66. The lowest BCUT2D eigenvalue weighted by Gasteiger charge is -2.08. The highest BCUT2D eigenvalue weighted by Gasteiger charge is 2.00. The van der Waals surface area contributed by atoms with Crippen LogP contribution in [0.1, 0.15) is 13.3 Å². The van der Waals surface area contributed by atoms with Gasteiger partial charge in [0.15, 0.2) is 5.96 Å². The van der Waals surface area contributed by atoms with Gasteiger partial charge in [0.1, 0.15) is 0 Å². The van der Waals surface area contributed by atoms with Crippen LogP contribution in [-0.2, 0) is 0 Å². The van der Waals surface area contributed by atoms with Crippen LogP contribution in [0, 0.1) is 5.92 Å². The first-order chi connectivity index (χ1) is 7.72. The fourth-order valence-corrected chi connectivity index (χ4v) is 1.27. The third-order valence-corrected chi connectivity index (χ3v) is 2.24. The number of nitrogens with two attached hydrogens (primary N) is 1. The van der Waals surface area contributed by atoms with Crippen LogP contribution < -0.4 is 11.1 Å². The highest BCUT2D eigenvalue weighted by atomic mass is 16.3. The van der Waals surface area contributed by atoms with Gasteiger partial charge in [0.25, 0.3) is 0 Å². The fourth-order valence-electron chi connectivity index (χ4n) is 1.27. The summed E-state index contributed by atoms with van der Waals surface area (Å²) in [5, 5.41) is 11.7. The standard InChI is InChI=1S/C12H19N3O/c1-10(7-8-16)9-14-12(13)15-11-5-3-2-4-6-11/h2-6,10,16H,7-9H2,1H3,(H3,13,14,15). The quantitative estimate of drug-likeness (QED) is 0.520. The number of nitrogens with zero attached hydrogens (tertiary/aromatic N) is 1. The molecule has 0 saturated carbocycles. The Kier molecular flexibility index (Phi) is 5.36. The normalized spacial score (nSPS) is 13.5. The molecule has 1 rings (SSSR count). The lowest BCUT2D eigenvalue weighted by Crippen LogP contribution is -2.23. The molecule has 0 spiro atoms. The number of anilines is 1. The van der Waals surface area contributed by atoms with E-state index in [0.29, 0.717) is 18.4 Å². The number of benzene rings is 1. The molecule has 88 valence electrons. The molecule has 1 atom stereocenters. The molecule has 4 heteroatoms. The summed E-state index contributed by atoms with van der Waals surface area (Å²) in [6, 6.07) is 9.68. The van der Waals surface area contributed by atoms with Gasteiger partial charge in [0, 0.05) is 18.8 Å². The zero-order valence-corrected chi connectivity index (χ0v) is 9.56. The van der Waals surface area contributed by atoms with Crippen molar-refractivity contribution in [2.24, 2.45) is 16.6 Å². The number of aliphatic imine (C=N–C) groups is 1. The van der Waals surface area contributed by atoms with Crippen LogP contribution in [0.25, 0.3) is 0 Å². The van der Waals surface area contributed by atoms with Crippen molar-refractivity contribution >= 4 is 11.6 Å². The van der Waals surface area contributed by atoms with Crippen molar-refractivity contribution in [2.75, 3.05) is 18.5 Å². The Morgan fingerprint density at radius 2 is 2.12 bits per heavy atom. The Morgan fingerprint density at radius 3 is 2.75 bits per heavy atom. The highest BCUT2D eigenvalue weighted by Crippen LogP contribution is 2.05. The van der Waals surface area contributed by atoms with E-state index in [1.54, 1.807) is 0 Å². The third-order valence-electron chi connectivity index (χ3n) is 2.24. The first-order valence-corrected chi connectivity index (χ1v) is 5.45. The first kappa shape index (κ1) is 12.5. The Balaban J connectivity index is 2.40. The van der Waals surface area contributed by atoms with E-state index >= 15 is 0 Å². The van der Waals surface area contributed by atoms with E-state index in [1.165, 1.54) is 0 Å². The van der Waals surface area contributed by atoms with Gasteiger partial charge in [-0.3, -0.25) is 4.99 Å². The lowest BCUT2D eigenvalue weighted by atomic mass is 10.1. The van der Waals surface area contributed by atoms with Gasteiger partial charge in [0.2, 0.25) is 0 Å². The second-order valence-corrected chi connectivity index (χ2v) is 3.83. The zero-order valence-electron chi connectivity index (χ0n) is 9.56. The summed E-state index contributed by atoms with van der Waals surface area (Å²) >= 11 is 0. The number of nitrogens with one attached hydrogen (secondary N) is 1. The molecule has 0 bridgehead atoms. The third kappa shape index (κ3) is 4.79. The minimum atomic E-state index is 0.197. The van der Waals surface area contributed by atoms with Crippen LogP contribution in [0.15, 0.2) is 35.3 Å². The fraction of sp³-hybridized carbons (Fsp3) is 0.417. The molecule has 0 fully saturated rings. The Labute approximate surface area is 96.2 Å². The second-order valence-electron chi connectivity index (χ2n) is 3.83. The number of hydrogen-bond donors (Lipinski definition) is 3. The van der Waals surface area contributed by atoms with E-state index in [1.807, 2.05) is 37.3 Å². The first-order valence-electron chi connectivity index (χ1n) is 5.45. The van der Waals surface area contributed by atoms with Crippen molar-refractivity contribution in [3.8, 4) is 0 Å². The predicted molar refractivity (Wildman–Crippen MR) is 67.4 cm³/mol. The molecule has 4 N–H and O–H groups in total. The Morgan fingerprint density at radius 1 is 1.44 bits per heavy atom. The summed E-state index contributed by atoms with van der Waals surface area (Å²) in [5.74, 6) is 0.761. The molecule has 0 aliphatic heterocycles. The number of rotatable bonds is 5. The molecule has 16 heavy (non-hydrogen) atoms. The van der Waals surface area contributed by atoms with Crippen molar-refractivity contribution in [1.29, 1.82) is 0 Å². The maximum atomic E-state index is 8.74. The maximum absolute atomic E-state index is 8.74. The van der Waals surface area contributed by atoms with E-state index < -0.39 is 0 Å². The Hall–Kier alpha value is -1.55. The number of hydrogen-bond acceptors (Lipinski definition) is 2. The van der Waals surface area contributed by atoms with Crippen molar-refractivity contribution in [1.82, 2.24) is 0 Å². The van der Waals surface area contributed by atoms with Crippen molar-refractivity contribution in [3.63, 3.8) is 0 Å². The van der Waals surface area contributed by atoms with Crippen molar-refractivity contribution in [2.45, 2.75) is 13.3 Å². The summed E-state index contributed by atoms with van der Waals surface area (Å²) < 4.78 is 0. The lowest BCUT2D eigenvalue weighted by molar-refractivity contribution is 0.264. The average Bonchev–Trinajstić information content (AvgIpc) is 2.28. The molecule has 0 amide bonds. The smallest absolute Gasteiger partial charge is 0.193 e. The predicted octanol–water partition coefficient (Wildman–Crippen LogP) is 1.43. The monoisotopic (exact) mass is 221 g/mol. The van der Waals surface area contributed by atoms with E-state index in [4.69, 9.17) is 10.8 Å². The van der Waals surface area contributed by atoms with Crippen LogP contribution in [-0.4, -0.2) is 24.2 Å². The topological polar surface area (TPSA) is 70.6 Å². The van der Waals surface area contributed by atoms with Crippen LogP contribution in [0.4, 0.5) is 5.69 Å². The maximum Gasteiger partial charge on any atom is 0.193 e. The van der Waals surface area contributed by atoms with Crippen molar-refractivity contribution in [3.05, 3.63) is 30.3 Å². The second kappa shape index (κ2) is 6.85. The molecule has 0 aliphatic carbocycles. The SMILES string of the molecule is CC(CCO)CN=C(N)Nc1ccccc1. The number of aliphatic hydroxyl groups is 1. The van der Waals surface area contributed by atoms with Crippen LogP contribution in [0.2, 0.25) is 0 Å². The summed E-state index contributed by atoms with van der Waals surface area (Å²) in [7, 11) is 0.